The summed E-state index contributed by atoms with van der Waals surface area (Å²) in [4.78, 5) is 0.443. The normalized spacial score (nSPS) is 20.5. The van der Waals surface area contributed by atoms with Crippen molar-refractivity contribution in [3.05, 3.63) is 28.2 Å². The lowest BCUT2D eigenvalue weighted by Crippen LogP contribution is -2.17. The zero-order valence-corrected chi connectivity index (χ0v) is 12.6. The van der Waals surface area contributed by atoms with E-state index in [2.05, 4.69) is 27.3 Å². The van der Waals surface area contributed by atoms with Gasteiger partial charge in [0.2, 0.25) is 0 Å². The van der Waals surface area contributed by atoms with Crippen LogP contribution in [-0.2, 0) is 0 Å². The van der Waals surface area contributed by atoms with Gasteiger partial charge in [0, 0.05) is 22.3 Å². The molecule has 2 aliphatic carbocycles. The summed E-state index contributed by atoms with van der Waals surface area (Å²) in [6.45, 7) is 1.10. The van der Waals surface area contributed by atoms with Crippen LogP contribution in [0.1, 0.15) is 31.2 Å². The number of halogens is 1. The monoisotopic (exact) mass is 324 g/mol. The Morgan fingerprint density at radius 1 is 1.44 bits per heavy atom. The second-order valence-corrected chi connectivity index (χ2v) is 6.84. The molecule has 0 aromatic heterocycles. The molecule has 18 heavy (non-hydrogen) atoms. The van der Waals surface area contributed by atoms with Crippen LogP contribution in [0.15, 0.2) is 22.7 Å². The molecule has 0 amide bonds. The van der Waals surface area contributed by atoms with Crippen LogP contribution >= 0.6 is 28.1 Å². The zero-order valence-electron chi connectivity index (χ0n) is 10.2. The molecule has 0 atom stereocenters. The summed E-state index contributed by atoms with van der Waals surface area (Å²) in [7, 11) is 0. The van der Waals surface area contributed by atoms with Crippen molar-refractivity contribution in [2.75, 3.05) is 11.9 Å². The molecule has 0 bridgehead atoms. The van der Waals surface area contributed by atoms with Crippen LogP contribution in [0.2, 0.25) is 0 Å². The summed E-state index contributed by atoms with van der Waals surface area (Å²) in [6, 6.07) is 6.02. The summed E-state index contributed by atoms with van der Waals surface area (Å²) in [5.74, 6) is 0.986. The Bertz CT molecular complexity index is 493. The van der Waals surface area contributed by atoms with Gasteiger partial charge in [-0.3, -0.25) is 0 Å². The van der Waals surface area contributed by atoms with Gasteiger partial charge < -0.3 is 11.1 Å². The molecule has 3 N–H and O–H groups in total. The maximum atomic E-state index is 5.62. The van der Waals surface area contributed by atoms with Gasteiger partial charge >= 0.3 is 0 Å². The van der Waals surface area contributed by atoms with E-state index < -0.39 is 0 Å². The Kier molecular flexibility index (Phi) is 3.10. The second kappa shape index (κ2) is 4.49. The van der Waals surface area contributed by atoms with Gasteiger partial charge in [-0.15, -0.1) is 0 Å². The molecule has 0 spiro atoms. The smallest absolute Gasteiger partial charge is 0.104 e. The Morgan fingerprint density at radius 2 is 2.17 bits per heavy atom. The van der Waals surface area contributed by atoms with E-state index >= 15 is 0 Å². The first kappa shape index (κ1) is 12.4. The van der Waals surface area contributed by atoms with E-state index in [-0.39, 0.29) is 0 Å². The van der Waals surface area contributed by atoms with E-state index in [1.807, 2.05) is 12.1 Å². The Hall–Kier alpha value is -0.610. The summed E-state index contributed by atoms with van der Waals surface area (Å²) < 4.78 is 1.04. The van der Waals surface area contributed by atoms with Gasteiger partial charge in [-0.1, -0.05) is 12.2 Å². The standard InChI is InChI=1S/C14H17BrN2S/c15-11-7-9(13(16)18)1-4-12(11)17-8-14(5-6-14)10-2-3-10/h1,4,7,10,17H,2-3,5-6,8H2,(H2,16,18). The summed E-state index contributed by atoms with van der Waals surface area (Å²) in [5, 5.41) is 3.57. The molecule has 2 aliphatic rings. The topological polar surface area (TPSA) is 38.0 Å². The Morgan fingerprint density at radius 3 is 2.67 bits per heavy atom. The first-order chi connectivity index (χ1) is 8.61. The molecule has 4 heteroatoms. The minimum atomic E-state index is 0.443. The van der Waals surface area contributed by atoms with E-state index in [4.69, 9.17) is 18.0 Å². The highest BCUT2D eigenvalue weighted by Crippen LogP contribution is 2.61. The molecule has 0 saturated heterocycles. The Balaban J connectivity index is 1.67. The van der Waals surface area contributed by atoms with Gasteiger partial charge in [0.05, 0.1) is 0 Å². The zero-order chi connectivity index (χ0) is 12.8. The van der Waals surface area contributed by atoms with E-state index in [1.165, 1.54) is 25.7 Å². The van der Waals surface area contributed by atoms with Crippen molar-refractivity contribution in [1.29, 1.82) is 0 Å². The van der Waals surface area contributed by atoms with Crippen molar-refractivity contribution < 1.29 is 0 Å². The number of benzene rings is 1. The van der Waals surface area contributed by atoms with Crippen LogP contribution in [-0.4, -0.2) is 11.5 Å². The average Bonchev–Trinajstić information content (AvgIpc) is 3.19. The number of rotatable bonds is 5. The molecule has 1 aromatic rings. The molecule has 3 rings (SSSR count). The molecule has 1 aromatic carbocycles. The van der Waals surface area contributed by atoms with Gasteiger partial charge in [0.15, 0.2) is 0 Å². The van der Waals surface area contributed by atoms with Crippen LogP contribution in [0.5, 0.6) is 0 Å². The molecular formula is C14H17BrN2S. The van der Waals surface area contributed by atoms with Crippen LogP contribution in [0.3, 0.4) is 0 Å². The lowest BCUT2D eigenvalue weighted by atomic mass is 10.0. The number of nitrogens with one attached hydrogen (secondary N) is 1. The third-order valence-electron chi connectivity index (χ3n) is 4.22. The molecular weight excluding hydrogens is 308 g/mol. The molecule has 2 nitrogen and oxygen atoms in total. The SMILES string of the molecule is NC(=S)c1ccc(NCC2(C3CC3)CC2)c(Br)c1. The highest BCUT2D eigenvalue weighted by Gasteiger charge is 2.53. The van der Waals surface area contributed by atoms with Crippen LogP contribution in [0, 0.1) is 11.3 Å². The lowest BCUT2D eigenvalue weighted by Gasteiger charge is -2.17. The first-order valence-corrected chi connectivity index (χ1v) is 7.64. The minimum absolute atomic E-state index is 0.443. The van der Waals surface area contributed by atoms with Gasteiger partial charge in [0.25, 0.3) is 0 Å². The molecule has 2 fully saturated rings. The number of hydrogen-bond acceptors (Lipinski definition) is 2. The van der Waals surface area contributed by atoms with Crippen molar-refractivity contribution in [2.45, 2.75) is 25.7 Å². The van der Waals surface area contributed by atoms with Crippen LogP contribution in [0.25, 0.3) is 0 Å². The second-order valence-electron chi connectivity index (χ2n) is 5.55. The van der Waals surface area contributed by atoms with E-state index in [1.54, 1.807) is 0 Å². The third kappa shape index (κ3) is 2.41. The van der Waals surface area contributed by atoms with Crippen molar-refractivity contribution in [1.82, 2.24) is 0 Å². The van der Waals surface area contributed by atoms with Crippen molar-refractivity contribution in [2.24, 2.45) is 17.1 Å². The van der Waals surface area contributed by atoms with Gasteiger partial charge in [0.1, 0.15) is 4.99 Å². The molecule has 96 valence electrons. The molecule has 0 heterocycles. The van der Waals surface area contributed by atoms with Gasteiger partial charge in [-0.25, -0.2) is 0 Å². The van der Waals surface area contributed by atoms with Crippen molar-refractivity contribution >= 4 is 38.8 Å². The largest absolute Gasteiger partial charge is 0.389 e. The van der Waals surface area contributed by atoms with Gasteiger partial charge in [-0.05, 0) is 71.1 Å². The predicted octanol–water partition coefficient (Wildman–Crippen LogP) is 3.69. The molecule has 0 radical (unpaired) electrons. The molecule has 0 aliphatic heterocycles. The number of hydrogen-bond donors (Lipinski definition) is 2. The lowest BCUT2D eigenvalue weighted by molar-refractivity contribution is 0.467. The van der Waals surface area contributed by atoms with E-state index in [9.17, 15) is 0 Å². The summed E-state index contributed by atoms with van der Waals surface area (Å²) >= 11 is 8.56. The van der Waals surface area contributed by atoms with E-state index in [0.717, 1.165) is 28.2 Å². The predicted molar refractivity (Wildman–Crippen MR) is 82.9 cm³/mol. The highest BCUT2D eigenvalue weighted by molar-refractivity contribution is 9.10. The quantitative estimate of drug-likeness (QED) is 0.811. The van der Waals surface area contributed by atoms with Crippen molar-refractivity contribution in [3.8, 4) is 0 Å². The van der Waals surface area contributed by atoms with Crippen molar-refractivity contribution in [3.63, 3.8) is 0 Å². The average molecular weight is 325 g/mol. The number of anilines is 1. The van der Waals surface area contributed by atoms with E-state index in [0.29, 0.717) is 10.4 Å². The first-order valence-electron chi connectivity index (χ1n) is 6.44. The van der Waals surface area contributed by atoms with Gasteiger partial charge in [-0.2, -0.15) is 0 Å². The minimum Gasteiger partial charge on any atom is -0.389 e. The Labute approximate surface area is 121 Å². The highest BCUT2D eigenvalue weighted by atomic mass is 79.9. The fourth-order valence-electron chi connectivity index (χ4n) is 2.67. The number of nitrogens with two attached hydrogens (primary N) is 1. The fraction of sp³-hybridized carbons (Fsp3) is 0.500. The van der Waals surface area contributed by atoms with Crippen LogP contribution in [0.4, 0.5) is 5.69 Å². The third-order valence-corrected chi connectivity index (χ3v) is 5.11. The number of thiocarbonyl (C=S) groups is 1. The molecule has 0 unspecified atom stereocenters. The summed E-state index contributed by atoms with van der Waals surface area (Å²) in [6.07, 6.45) is 5.66. The summed E-state index contributed by atoms with van der Waals surface area (Å²) in [5.41, 5.74) is 8.29. The maximum absolute atomic E-state index is 5.62. The van der Waals surface area contributed by atoms with Crippen LogP contribution < -0.4 is 11.1 Å². The molecule has 2 saturated carbocycles. The fourth-order valence-corrected chi connectivity index (χ4v) is 3.31. The maximum Gasteiger partial charge on any atom is 0.104 e.